The fourth-order valence-electron chi connectivity index (χ4n) is 5.78. The lowest BCUT2D eigenvalue weighted by molar-refractivity contribution is -0.148. The highest BCUT2D eigenvalue weighted by Gasteiger charge is 2.47. The van der Waals surface area contributed by atoms with E-state index in [0.717, 1.165) is 23.1 Å². The molecule has 0 saturated carbocycles. The minimum Gasteiger partial charge on any atom is -0.350 e. The first kappa shape index (κ1) is 33.6. The molecule has 1 aliphatic rings. The van der Waals surface area contributed by atoms with Gasteiger partial charge in [-0.15, -0.1) is 0 Å². The molecule has 240 valence electrons. The van der Waals surface area contributed by atoms with Gasteiger partial charge >= 0.3 is 12.6 Å². The molecule has 3 aromatic carbocycles. The Hall–Kier alpha value is -3.74. The summed E-state index contributed by atoms with van der Waals surface area (Å²) in [5.41, 5.74) is 1.15. The van der Waals surface area contributed by atoms with Crippen LogP contribution in [0.3, 0.4) is 0 Å². The van der Waals surface area contributed by atoms with E-state index in [0.29, 0.717) is 13.0 Å². The number of aromatic amines is 1. The van der Waals surface area contributed by atoms with Gasteiger partial charge in [-0.2, -0.15) is 0 Å². The Morgan fingerprint density at radius 1 is 0.957 bits per heavy atom. The molecule has 0 spiro atoms. The molecule has 1 N–H and O–H groups in total. The van der Waals surface area contributed by atoms with Crippen molar-refractivity contribution in [3.63, 3.8) is 0 Å². The molecular formula is C35H38ClN4O5P. The van der Waals surface area contributed by atoms with E-state index in [-0.39, 0.29) is 18.7 Å². The molecule has 2 heterocycles. The summed E-state index contributed by atoms with van der Waals surface area (Å²) in [6.45, 7) is -1.15. The highest BCUT2D eigenvalue weighted by Crippen LogP contribution is 2.54. The van der Waals surface area contributed by atoms with Crippen molar-refractivity contribution in [2.75, 3.05) is 33.8 Å². The van der Waals surface area contributed by atoms with Crippen molar-refractivity contribution in [1.82, 2.24) is 19.1 Å². The van der Waals surface area contributed by atoms with Gasteiger partial charge in [-0.3, -0.25) is 23.8 Å². The number of H-pyrrole nitrogens is 1. The minimum atomic E-state index is -3.62. The predicted octanol–water partition coefficient (Wildman–Crippen LogP) is 5.80. The molecule has 3 unspecified atom stereocenters. The molecule has 4 aromatic rings. The first-order valence-electron chi connectivity index (χ1n) is 15.2. The zero-order chi connectivity index (χ0) is 32.7. The van der Waals surface area contributed by atoms with Crippen LogP contribution in [-0.2, 0) is 19.4 Å². The van der Waals surface area contributed by atoms with Gasteiger partial charge in [0.1, 0.15) is 5.56 Å². The highest BCUT2D eigenvalue weighted by atomic mass is 35.7. The van der Waals surface area contributed by atoms with E-state index < -0.39 is 36.0 Å². The smallest absolute Gasteiger partial charge is 0.350 e. The number of unbranched alkanes of at least 4 members (excludes halogenated alkanes) is 1. The molecule has 46 heavy (non-hydrogen) atoms. The number of hydrogen-bond donors (Lipinski definition) is 1. The molecule has 0 aliphatic carbocycles. The summed E-state index contributed by atoms with van der Waals surface area (Å²) in [4.78, 5) is 30.7. The molecule has 1 fully saturated rings. The molecule has 0 radical (unpaired) electrons. The van der Waals surface area contributed by atoms with E-state index >= 15 is 0 Å². The topological polar surface area (TPSA) is 96.9 Å². The van der Waals surface area contributed by atoms with Crippen LogP contribution in [0.4, 0.5) is 0 Å². The summed E-state index contributed by atoms with van der Waals surface area (Å²) in [5.74, 6) is 5.89. The van der Waals surface area contributed by atoms with Crippen molar-refractivity contribution in [2.24, 2.45) is 0 Å². The van der Waals surface area contributed by atoms with Crippen molar-refractivity contribution in [2.45, 2.75) is 37.6 Å². The van der Waals surface area contributed by atoms with E-state index in [1.807, 2.05) is 61.5 Å². The number of rotatable bonds is 10. The quantitative estimate of drug-likeness (QED) is 0.130. The summed E-state index contributed by atoms with van der Waals surface area (Å²) in [6.07, 6.45) is 1.37. The maximum Gasteiger partial charge on any atom is 0.362 e. The van der Waals surface area contributed by atoms with Crippen molar-refractivity contribution in [1.29, 1.82) is 0 Å². The lowest BCUT2D eigenvalue weighted by atomic mass is 9.75. The first-order chi connectivity index (χ1) is 22.2. The number of aromatic nitrogens is 2. The summed E-state index contributed by atoms with van der Waals surface area (Å²) in [7, 11) is 3.16. The van der Waals surface area contributed by atoms with E-state index in [2.05, 4.69) is 58.1 Å². The number of nitrogens with zero attached hydrogens (tertiary/aromatic N) is 3. The van der Waals surface area contributed by atoms with Crippen LogP contribution in [0.25, 0.3) is 0 Å². The second kappa shape index (κ2) is 14.8. The summed E-state index contributed by atoms with van der Waals surface area (Å²) < 4.78 is 28.0. The van der Waals surface area contributed by atoms with E-state index in [1.165, 1.54) is 15.4 Å². The van der Waals surface area contributed by atoms with Gasteiger partial charge in [0, 0.05) is 25.7 Å². The molecule has 0 amide bonds. The van der Waals surface area contributed by atoms with Crippen LogP contribution in [0.5, 0.6) is 0 Å². The third kappa shape index (κ3) is 7.13. The van der Waals surface area contributed by atoms with Gasteiger partial charge < -0.3 is 9.26 Å². The standard InChI is InChI=1S/C35H38ClN4O5P/c1-4-5-9-16-27-23-40(34(42)37-33(27)41)32-25-39(24-31(45-32)26-44-46(36,43)38(2)3)35(28-17-10-6-11-18-28,29-19-12-7-13-20-29)30-21-14-8-15-22-30/h6-8,10-15,17-23,31-32H,4-5,24-26H2,1-3H3,(H,37,41,42). The summed E-state index contributed by atoms with van der Waals surface area (Å²) in [5, 5.41) is 0. The number of ether oxygens (including phenoxy) is 1. The molecule has 11 heteroatoms. The van der Waals surface area contributed by atoms with Crippen LogP contribution in [0.2, 0.25) is 0 Å². The fourth-order valence-corrected chi connectivity index (χ4v) is 6.53. The second-order valence-corrected chi connectivity index (χ2v) is 14.5. The third-order valence-electron chi connectivity index (χ3n) is 7.97. The monoisotopic (exact) mass is 660 g/mol. The third-order valence-corrected chi connectivity index (χ3v) is 10.6. The number of morpholine rings is 1. The Labute approximate surface area is 274 Å². The average molecular weight is 661 g/mol. The Morgan fingerprint density at radius 2 is 1.50 bits per heavy atom. The molecule has 9 nitrogen and oxygen atoms in total. The van der Waals surface area contributed by atoms with Gasteiger partial charge in [0.2, 0.25) is 0 Å². The minimum absolute atomic E-state index is 0.109. The molecule has 1 saturated heterocycles. The van der Waals surface area contributed by atoms with Crippen LogP contribution in [0.15, 0.2) is 107 Å². The largest absolute Gasteiger partial charge is 0.362 e. The molecule has 1 aromatic heterocycles. The maximum absolute atomic E-state index is 13.4. The van der Waals surface area contributed by atoms with Crippen molar-refractivity contribution >= 4 is 18.1 Å². The predicted molar refractivity (Wildman–Crippen MR) is 181 cm³/mol. The SMILES string of the molecule is CCCC#Cc1cn(C2CN(C(c3ccccc3)(c3ccccc3)c3ccccc3)CC(COP(=O)(Cl)N(C)C)O2)c(=O)[nH]c1=O. The summed E-state index contributed by atoms with van der Waals surface area (Å²) in [6, 6.07) is 30.5. The normalized spacial score (nSPS) is 18.5. The van der Waals surface area contributed by atoms with Crippen LogP contribution in [0, 0.1) is 11.8 Å². The van der Waals surface area contributed by atoms with E-state index in [4.69, 9.17) is 20.5 Å². The van der Waals surface area contributed by atoms with Gasteiger partial charge in [-0.25, -0.2) is 9.46 Å². The molecule has 0 bridgehead atoms. The average Bonchev–Trinajstić information content (AvgIpc) is 3.07. The van der Waals surface area contributed by atoms with Gasteiger partial charge in [0.05, 0.1) is 18.2 Å². The van der Waals surface area contributed by atoms with Crippen LogP contribution in [-0.4, -0.2) is 59.0 Å². The Balaban J connectivity index is 1.70. The molecule has 5 rings (SSSR count). The Kier molecular flexibility index (Phi) is 10.8. The lowest BCUT2D eigenvalue weighted by Gasteiger charge is -2.50. The number of hydrogen-bond acceptors (Lipinski definition) is 6. The molecular weight excluding hydrogens is 623 g/mol. The first-order valence-corrected chi connectivity index (χ1v) is 17.7. The van der Waals surface area contributed by atoms with Gasteiger partial charge in [-0.05, 0) is 48.4 Å². The van der Waals surface area contributed by atoms with Gasteiger partial charge in [0.25, 0.3) is 5.56 Å². The van der Waals surface area contributed by atoms with E-state index in [9.17, 15) is 14.2 Å². The van der Waals surface area contributed by atoms with Crippen LogP contribution < -0.4 is 11.2 Å². The van der Waals surface area contributed by atoms with Gasteiger partial charge in [0.15, 0.2) is 6.23 Å². The zero-order valence-corrected chi connectivity index (χ0v) is 27.8. The number of benzene rings is 3. The van der Waals surface area contributed by atoms with E-state index in [1.54, 1.807) is 14.1 Å². The van der Waals surface area contributed by atoms with Crippen LogP contribution in [0.1, 0.15) is 48.2 Å². The lowest BCUT2D eigenvalue weighted by Crippen LogP contribution is -2.58. The van der Waals surface area contributed by atoms with Crippen molar-refractivity contribution in [3.05, 3.63) is 140 Å². The zero-order valence-electron chi connectivity index (χ0n) is 26.1. The number of nitrogens with one attached hydrogen (secondary N) is 1. The summed E-state index contributed by atoms with van der Waals surface area (Å²) >= 11 is 6.26. The fraction of sp³-hybridized carbons (Fsp3) is 0.314. The van der Waals surface area contributed by atoms with Crippen LogP contribution >= 0.6 is 18.1 Å². The molecule has 1 aliphatic heterocycles. The highest BCUT2D eigenvalue weighted by molar-refractivity contribution is 7.83. The van der Waals surface area contributed by atoms with Gasteiger partial charge in [-0.1, -0.05) is 110 Å². The van der Waals surface area contributed by atoms with Crippen molar-refractivity contribution in [3.8, 4) is 11.8 Å². The maximum atomic E-state index is 13.4. The number of halogens is 1. The second-order valence-electron chi connectivity index (χ2n) is 11.3. The Morgan fingerprint density at radius 3 is 2.00 bits per heavy atom. The molecule has 3 atom stereocenters. The Bertz CT molecular complexity index is 1740. The van der Waals surface area contributed by atoms with Crippen molar-refractivity contribution < 1.29 is 13.8 Å².